The van der Waals surface area contributed by atoms with E-state index in [0.717, 1.165) is 5.52 Å². The van der Waals surface area contributed by atoms with Gasteiger partial charge in [-0.1, -0.05) is 18.2 Å². The van der Waals surface area contributed by atoms with Crippen molar-refractivity contribution in [1.29, 1.82) is 5.26 Å². The van der Waals surface area contributed by atoms with E-state index in [4.69, 9.17) is 10.00 Å². The lowest BCUT2D eigenvalue weighted by Crippen LogP contribution is -2.14. The van der Waals surface area contributed by atoms with Crippen molar-refractivity contribution in [3.63, 3.8) is 0 Å². The summed E-state index contributed by atoms with van der Waals surface area (Å²) < 4.78 is 36.5. The van der Waals surface area contributed by atoms with Gasteiger partial charge in [-0.3, -0.25) is 14.5 Å². The van der Waals surface area contributed by atoms with Crippen LogP contribution in [0.3, 0.4) is 0 Å². The van der Waals surface area contributed by atoms with E-state index in [2.05, 4.69) is 9.71 Å². The van der Waals surface area contributed by atoms with Crippen molar-refractivity contribution in [2.24, 2.45) is 7.05 Å². The van der Waals surface area contributed by atoms with Gasteiger partial charge in [-0.15, -0.1) is 0 Å². The Labute approximate surface area is 207 Å². The van der Waals surface area contributed by atoms with Crippen LogP contribution in [0.25, 0.3) is 21.8 Å². The molecule has 0 amide bonds. The number of hydrogen-bond donors (Lipinski definition) is 1. The van der Waals surface area contributed by atoms with Gasteiger partial charge < -0.3 is 9.30 Å². The number of nitrogens with one attached hydrogen (secondary N) is 1. The monoisotopic (exact) mass is 496 g/mol. The molecule has 178 valence electrons. The molecule has 5 aromatic rings. The first-order valence-electron chi connectivity index (χ1n) is 11.0. The summed E-state index contributed by atoms with van der Waals surface area (Å²) in [5.74, 6) is 0.211. The Hall–Kier alpha value is -4.68. The van der Waals surface area contributed by atoms with E-state index in [1.54, 1.807) is 83.7 Å². The highest BCUT2D eigenvalue weighted by Gasteiger charge is 2.20. The molecule has 5 rings (SSSR count). The first-order chi connectivity index (χ1) is 17.4. The fourth-order valence-electron chi connectivity index (χ4n) is 4.03. The van der Waals surface area contributed by atoms with Crippen LogP contribution in [-0.2, 0) is 17.1 Å². The molecule has 8 nitrogen and oxygen atoms in total. The van der Waals surface area contributed by atoms with E-state index in [9.17, 15) is 13.2 Å². The Morgan fingerprint density at radius 2 is 1.86 bits per heavy atom. The number of para-hydroxylation sites is 1. The van der Waals surface area contributed by atoms with Crippen molar-refractivity contribution < 1.29 is 17.9 Å². The highest BCUT2D eigenvalue weighted by molar-refractivity contribution is 7.93. The number of ether oxygens (including phenoxy) is 1. The summed E-state index contributed by atoms with van der Waals surface area (Å²) >= 11 is 0. The van der Waals surface area contributed by atoms with Crippen molar-refractivity contribution in [1.82, 2.24) is 9.55 Å². The van der Waals surface area contributed by atoms with Gasteiger partial charge in [0, 0.05) is 47.0 Å². The molecule has 2 heterocycles. The van der Waals surface area contributed by atoms with Crippen LogP contribution in [0.4, 0.5) is 5.69 Å². The normalized spacial score (nSPS) is 11.3. The molecule has 3 aromatic carbocycles. The molecule has 1 N–H and O–H groups in total. The Kier molecular flexibility index (Phi) is 5.88. The van der Waals surface area contributed by atoms with E-state index < -0.39 is 10.0 Å². The number of carbonyl (C=O) groups is 1. The summed E-state index contributed by atoms with van der Waals surface area (Å²) in [6, 6.07) is 22.1. The Morgan fingerprint density at radius 1 is 1.08 bits per heavy atom. The number of fused-ring (bicyclic) bond motifs is 2. The van der Waals surface area contributed by atoms with Gasteiger partial charge in [0.2, 0.25) is 5.78 Å². The second kappa shape index (κ2) is 9.17. The molecule has 0 radical (unpaired) electrons. The molecule has 36 heavy (non-hydrogen) atoms. The van der Waals surface area contributed by atoms with Gasteiger partial charge in [0.15, 0.2) is 6.61 Å². The lowest BCUT2D eigenvalue weighted by atomic mass is 10.1. The predicted molar refractivity (Wildman–Crippen MR) is 136 cm³/mol. The Morgan fingerprint density at radius 3 is 2.64 bits per heavy atom. The van der Waals surface area contributed by atoms with E-state index in [1.165, 1.54) is 6.07 Å². The average molecular weight is 497 g/mol. The quantitative estimate of drug-likeness (QED) is 0.328. The molecular weight excluding hydrogens is 476 g/mol. The number of hydrogen-bond acceptors (Lipinski definition) is 6. The first-order valence-corrected chi connectivity index (χ1v) is 12.5. The van der Waals surface area contributed by atoms with Crippen LogP contribution in [0.15, 0.2) is 90.1 Å². The summed E-state index contributed by atoms with van der Waals surface area (Å²) in [6.45, 7) is -0.206. The number of aryl methyl sites for hydroxylation is 1. The zero-order chi connectivity index (χ0) is 25.3. The smallest absolute Gasteiger partial charge is 0.264 e. The molecule has 0 aliphatic carbocycles. The fraction of sp³-hybridized carbons (Fsp3) is 0.0741. The highest BCUT2D eigenvalue weighted by Crippen LogP contribution is 2.28. The summed E-state index contributed by atoms with van der Waals surface area (Å²) in [4.78, 5) is 17.3. The third-order valence-corrected chi connectivity index (χ3v) is 7.19. The third-order valence-electron chi connectivity index (χ3n) is 5.78. The molecule has 0 saturated heterocycles. The van der Waals surface area contributed by atoms with Crippen LogP contribution in [0.1, 0.15) is 15.9 Å². The number of Topliss-reactive ketones (excluding diaryl/α,β-unsaturated/α-hetero) is 1. The van der Waals surface area contributed by atoms with Gasteiger partial charge in [-0.25, -0.2) is 8.42 Å². The van der Waals surface area contributed by atoms with Crippen molar-refractivity contribution in [3.8, 4) is 11.8 Å². The predicted octanol–water partition coefficient (Wildman–Crippen LogP) is 4.66. The number of ketones is 1. The van der Waals surface area contributed by atoms with Gasteiger partial charge in [-0.2, -0.15) is 5.26 Å². The molecule has 0 bridgehead atoms. The van der Waals surface area contributed by atoms with E-state index in [-0.39, 0.29) is 17.3 Å². The molecule has 0 aliphatic rings. The van der Waals surface area contributed by atoms with Crippen molar-refractivity contribution >= 4 is 43.3 Å². The van der Waals surface area contributed by atoms with Crippen molar-refractivity contribution in [3.05, 3.63) is 96.3 Å². The van der Waals surface area contributed by atoms with Crippen molar-refractivity contribution in [2.45, 2.75) is 4.90 Å². The highest BCUT2D eigenvalue weighted by atomic mass is 32.2. The molecule has 0 saturated carbocycles. The maximum Gasteiger partial charge on any atom is 0.264 e. The second-order valence-electron chi connectivity index (χ2n) is 8.17. The van der Waals surface area contributed by atoms with Crippen LogP contribution in [0, 0.1) is 11.3 Å². The minimum Gasteiger partial charge on any atom is -0.485 e. The van der Waals surface area contributed by atoms with E-state index in [1.807, 2.05) is 13.1 Å². The third kappa shape index (κ3) is 4.37. The summed E-state index contributed by atoms with van der Waals surface area (Å²) in [6.07, 6.45) is 3.25. The number of nitrogens with zero attached hydrogens (tertiary/aromatic N) is 3. The van der Waals surface area contributed by atoms with Gasteiger partial charge in [0.1, 0.15) is 10.6 Å². The number of rotatable bonds is 7. The van der Waals surface area contributed by atoms with E-state index in [0.29, 0.717) is 38.9 Å². The fourth-order valence-corrected chi connectivity index (χ4v) is 5.26. The molecule has 2 aromatic heterocycles. The number of carbonyl (C=O) groups excluding carboxylic acids is 1. The number of sulfonamides is 1. The van der Waals surface area contributed by atoms with Crippen LogP contribution in [0.2, 0.25) is 0 Å². The number of pyridine rings is 1. The number of aromatic nitrogens is 2. The molecule has 0 unspecified atom stereocenters. The SMILES string of the molecule is Cn1cc(C(=O)COc2ccc(C#N)cc2)c2cc(NS(=O)(=O)c3cccc4cccnc34)ccc21. The lowest BCUT2D eigenvalue weighted by molar-refractivity contribution is 0.0923. The van der Waals surface area contributed by atoms with Gasteiger partial charge in [0.25, 0.3) is 10.0 Å². The van der Waals surface area contributed by atoms with Crippen LogP contribution >= 0.6 is 0 Å². The summed E-state index contributed by atoms with van der Waals surface area (Å²) in [5.41, 5.74) is 2.38. The zero-order valence-electron chi connectivity index (χ0n) is 19.2. The van der Waals surface area contributed by atoms with Crippen LogP contribution < -0.4 is 9.46 Å². The number of anilines is 1. The first kappa shape index (κ1) is 23.1. The largest absolute Gasteiger partial charge is 0.485 e. The molecule has 0 spiro atoms. The molecule has 0 fully saturated rings. The molecular formula is C27H20N4O4S. The minimum absolute atomic E-state index is 0.0703. The van der Waals surface area contributed by atoms with Gasteiger partial charge in [0.05, 0.1) is 17.1 Å². The van der Waals surface area contributed by atoms with E-state index >= 15 is 0 Å². The topological polar surface area (TPSA) is 114 Å². The Bertz CT molecular complexity index is 1760. The second-order valence-corrected chi connectivity index (χ2v) is 9.82. The molecule has 0 atom stereocenters. The maximum atomic E-state index is 13.2. The zero-order valence-corrected chi connectivity index (χ0v) is 20.0. The summed E-state index contributed by atoms with van der Waals surface area (Å²) in [5, 5.41) is 10.2. The standard InChI is InChI=1S/C27H20N4O4S/c1-31-16-23(25(32)17-35-21-10-7-18(15-28)8-11-21)22-14-20(9-12-24(22)31)30-36(33,34)26-6-2-4-19-5-3-13-29-27(19)26/h2-14,16,30H,17H2,1H3. The maximum absolute atomic E-state index is 13.2. The van der Waals surface area contributed by atoms with Gasteiger partial charge >= 0.3 is 0 Å². The van der Waals surface area contributed by atoms with Gasteiger partial charge in [-0.05, 0) is 54.6 Å². The van der Waals surface area contributed by atoms with Crippen LogP contribution in [0.5, 0.6) is 5.75 Å². The Balaban J connectivity index is 1.43. The molecule has 0 aliphatic heterocycles. The molecule has 9 heteroatoms. The minimum atomic E-state index is -3.94. The summed E-state index contributed by atoms with van der Waals surface area (Å²) in [7, 11) is -2.13. The average Bonchev–Trinajstić information content (AvgIpc) is 3.22. The number of benzene rings is 3. The van der Waals surface area contributed by atoms with Crippen molar-refractivity contribution in [2.75, 3.05) is 11.3 Å². The lowest BCUT2D eigenvalue weighted by Gasteiger charge is -2.11. The van der Waals surface area contributed by atoms with Crippen LogP contribution in [-0.4, -0.2) is 30.4 Å². The number of nitriles is 1.